The van der Waals surface area contributed by atoms with Gasteiger partial charge >= 0.3 is 0 Å². The average molecular weight is 231 g/mol. The second kappa shape index (κ2) is 7.10. The minimum absolute atomic E-state index is 0.0608. The molecule has 0 saturated heterocycles. The number of nitrogens with zero attached hydrogens (tertiary/aromatic N) is 1. The molecule has 15 heavy (non-hydrogen) atoms. The number of rotatable bonds is 4. The van der Waals surface area contributed by atoms with E-state index in [-0.39, 0.29) is 28.8 Å². The van der Waals surface area contributed by atoms with Gasteiger partial charge in [-0.3, -0.25) is 10.2 Å². The third-order valence-corrected chi connectivity index (χ3v) is 2.36. The van der Waals surface area contributed by atoms with Crippen LogP contribution in [-0.2, 0) is 4.79 Å². The van der Waals surface area contributed by atoms with E-state index in [4.69, 9.17) is 16.9 Å². The number of nitrogens with two attached hydrogens (primary N) is 2. The van der Waals surface area contributed by atoms with Crippen molar-refractivity contribution in [1.82, 2.24) is 5.32 Å². The predicted molar refractivity (Wildman–Crippen MR) is 63.9 cm³/mol. The number of thioether (sulfide) groups is 1. The van der Waals surface area contributed by atoms with Crippen LogP contribution in [0.2, 0.25) is 0 Å². The van der Waals surface area contributed by atoms with Crippen LogP contribution >= 0.6 is 11.8 Å². The molecule has 0 radical (unpaired) electrons. The van der Waals surface area contributed by atoms with Gasteiger partial charge in [0.2, 0.25) is 5.91 Å². The van der Waals surface area contributed by atoms with Crippen LogP contribution in [0.4, 0.5) is 0 Å². The van der Waals surface area contributed by atoms with E-state index in [9.17, 15) is 4.79 Å². The first kappa shape index (κ1) is 13.8. The Morgan fingerprint density at radius 1 is 1.60 bits per heavy atom. The highest BCUT2D eigenvalue weighted by Crippen LogP contribution is 2.03. The highest BCUT2D eigenvalue weighted by molar-refractivity contribution is 8.14. The number of carbonyl (C=O) groups excluding carboxylic acids is 1. The molecule has 1 atom stereocenters. The summed E-state index contributed by atoms with van der Waals surface area (Å²) in [5.41, 5.74) is 10.2. The minimum Gasteiger partial charge on any atom is -0.370 e. The molecule has 6 nitrogen and oxygen atoms in total. The maximum atomic E-state index is 11.3. The Kier molecular flexibility index (Phi) is 6.52. The molecule has 0 saturated carbocycles. The largest absolute Gasteiger partial charge is 0.370 e. The van der Waals surface area contributed by atoms with Crippen molar-refractivity contribution in [3.8, 4) is 0 Å². The monoisotopic (exact) mass is 231 g/mol. The zero-order valence-electron chi connectivity index (χ0n) is 8.91. The summed E-state index contributed by atoms with van der Waals surface area (Å²) in [7, 11) is 0. The topological polar surface area (TPSA) is 117 Å². The van der Waals surface area contributed by atoms with Gasteiger partial charge in [0.15, 0.2) is 11.1 Å². The Bertz CT molecular complexity index is 262. The first-order valence-electron chi connectivity index (χ1n) is 4.56. The molecule has 0 aromatic rings. The Labute approximate surface area is 93.4 Å². The summed E-state index contributed by atoms with van der Waals surface area (Å²) in [5, 5.41) is 9.99. The minimum atomic E-state index is -0.171. The number of guanidine groups is 1. The van der Waals surface area contributed by atoms with Gasteiger partial charge in [-0.15, -0.1) is 0 Å². The van der Waals surface area contributed by atoms with Crippen LogP contribution in [0.5, 0.6) is 0 Å². The number of hydrogen-bond donors (Lipinski definition) is 4. The number of carbonyl (C=O) groups is 1. The van der Waals surface area contributed by atoms with Gasteiger partial charge in [-0.25, -0.2) is 0 Å². The zero-order chi connectivity index (χ0) is 11.8. The van der Waals surface area contributed by atoms with Gasteiger partial charge in [-0.2, -0.15) is 4.99 Å². The molecule has 0 spiro atoms. The van der Waals surface area contributed by atoms with Crippen molar-refractivity contribution in [2.75, 3.05) is 5.75 Å². The SMILES string of the molecule is CCC(C)NC(=O)CSC(=N)N=C(N)N. The van der Waals surface area contributed by atoms with Crippen LogP contribution in [0.1, 0.15) is 20.3 Å². The van der Waals surface area contributed by atoms with E-state index in [2.05, 4.69) is 10.3 Å². The van der Waals surface area contributed by atoms with Gasteiger partial charge in [0.1, 0.15) is 0 Å². The van der Waals surface area contributed by atoms with Crippen molar-refractivity contribution >= 4 is 28.8 Å². The number of hydrogen-bond acceptors (Lipinski definition) is 3. The molecular formula is C8H17N5OS. The van der Waals surface area contributed by atoms with E-state index in [0.717, 1.165) is 18.2 Å². The van der Waals surface area contributed by atoms with Crippen molar-refractivity contribution in [2.45, 2.75) is 26.3 Å². The summed E-state index contributed by atoms with van der Waals surface area (Å²) in [6, 6.07) is 0.148. The van der Waals surface area contributed by atoms with Crippen LogP contribution in [0.3, 0.4) is 0 Å². The Balaban J connectivity index is 3.81. The lowest BCUT2D eigenvalue weighted by atomic mass is 10.3. The second-order valence-corrected chi connectivity index (χ2v) is 3.97. The van der Waals surface area contributed by atoms with E-state index in [1.54, 1.807) is 0 Å². The van der Waals surface area contributed by atoms with Gasteiger partial charge in [-0.1, -0.05) is 18.7 Å². The van der Waals surface area contributed by atoms with Gasteiger partial charge in [0.25, 0.3) is 0 Å². The standard InChI is InChI=1S/C8H17N5OS/c1-3-5(2)12-6(14)4-15-8(11)13-7(9)10/h5H,3-4H2,1-2H3,(H,12,14)(H5,9,10,11,13). The number of aliphatic imine (C=N–C) groups is 1. The predicted octanol–water partition coefficient (Wildman–Crippen LogP) is -0.158. The zero-order valence-corrected chi connectivity index (χ0v) is 9.73. The molecule has 86 valence electrons. The van der Waals surface area contributed by atoms with E-state index in [1.165, 1.54) is 0 Å². The first-order chi connectivity index (χ1) is 6.95. The lowest BCUT2D eigenvalue weighted by molar-refractivity contribution is -0.119. The summed E-state index contributed by atoms with van der Waals surface area (Å²) in [6.07, 6.45) is 0.877. The molecule has 7 heteroatoms. The number of amidine groups is 1. The molecule has 0 aromatic heterocycles. The second-order valence-electron chi connectivity index (χ2n) is 3.01. The van der Waals surface area contributed by atoms with Crippen LogP contribution in [0.15, 0.2) is 4.99 Å². The average Bonchev–Trinajstić information content (AvgIpc) is 2.13. The molecule has 0 aliphatic heterocycles. The molecule has 0 aliphatic carbocycles. The molecule has 0 fully saturated rings. The fraction of sp³-hybridized carbons (Fsp3) is 0.625. The molecule has 0 aromatic carbocycles. The van der Waals surface area contributed by atoms with Crippen molar-refractivity contribution in [2.24, 2.45) is 16.5 Å². The molecule has 1 amide bonds. The van der Waals surface area contributed by atoms with Crippen molar-refractivity contribution < 1.29 is 4.79 Å². The van der Waals surface area contributed by atoms with E-state index in [1.807, 2.05) is 13.8 Å². The molecule has 0 aliphatic rings. The van der Waals surface area contributed by atoms with Crippen LogP contribution in [0.25, 0.3) is 0 Å². The van der Waals surface area contributed by atoms with Crippen molar-refractivity contribution in [3.05, 3.63) is 0 Å². The number of nitrogens with one attached hydrogen (secondary N) is 2. The van der Waals surface area contributed by atoms with Gasteiger partial charge in [-0.05, 0) is 13.3 Å². The quantitative estimate of drug-likeness (QED) is 0.397. The normalized spacial score (nSPS) is 11.6. The summed E-state index contributed by atoms with van der Waals surface area (Å²) in [5.74, 6) is -0.139. The third kappa shape index (κ3) is 7.80. The summed E-state index contributed by atoms with van der Waals surface area (Å²) < 4.78 is 0. The smallest absolute Gasteiger partial charge is 0.230 e. The molecule has 0 bridgehead atoms. The molecule has 0 rings (SSSR count). The fourth-order valence-corrected chi connectivity index (χ4v) is 1.22. The van der Waals surface area contributed by atoms with Crippen molar-refractivity contribution in [3.63, 3.8) is 0 Å². The van der Waals surface area contributed by atoms with Gasteiger partial charge < -0.3 is 16.8 Å². The Morgan fingerprint density at radius 3 is 2.67 bits per heavy atom. The molecule has 1 unspecified atom stereocenters. The lowest BCUT2D eigenvalue weighted by Crippen LogP contribution is -2.33. The van der Waals surface area contributed by atoms with Gasteiger partial charge in [0, 0.05) is 6.04 Å². The maximum absolute atomic E-state index is 11.3. The summed E-state index contributed by atoms with van der Waals surface area (Å²) in [4.78, 5) is 14.8. The number of amides is 1. The highest BCUT2D eigenvalue weighted by atomic mass is 32.2. The molecule has 0 heterocycles. The molecular weight excluding hydrogens is 214 g/mol. The highest BCUT2D eigenvalue weighted by Gasteiger charge is 2.06. The van der Waals surface area contributed by atoms with Crippen LogP contribution in [0, 0.1) is 5.41 Å². The van der Waals surface area contributed by atoms with Crippen LogP contribution in [-0.4, -0.2) is 28.8 Å². The fourth-order valence-electron chi connectivity index (χ4n) is 0.702. The first-order valence-corrected chi connectivity index (χ1v) is 5.54. The van der Waals surface area contributed by atoms with E-state index >= 15 is 0 Å². The summed E-state index contributed by atoms with van der Waals surface area (Å²) in [6.45, 7) is 3.91. The van der Waals surface area contributed by atoms with Gasteiger partial charge in [0.05, 0.1) is 5.75 Å². The third-order valence-electron chi connectivity index (χ3n) is 1.59. The van der Waals surface area contributed by atoms with E-state index < -0.39 is 0 Å². The lowest BCUT2D eigenvalue weighted by Gasteiger charge is -2.10. The maximum Gasteiger partial charge on any atom is 0.230 e. The van der Waals surface area contributed by atoms with Crippen molar-refractivity contribution in [1.29, 1.82) is 5.41 Å². The van der Waals surface area contributed by atoms with E-state index in [0.29, 0.717) is 0 Å². The van der Waals surface area contributed by atoms with Crippen LogP contribution < -0.4 is 16.8 Å². The Morgan fingerprint density at radius 2 is 2.20 bits per heavy atom. The summed E-state index contributed by atoms with van der Waals surface area (Å²) >= 11 is 0.989. The molecule has 6 N–H and O–H groups in total. The Hall–Kier alpha value is -1.24.